The molecular weight excluding hydrogens is 366 g/mol. The van der Waals surface area contributed by atoms with Gasteiger partial charge in [-0.2, -0.15) is 10.2 Å². The van der Waals surface area contributed by atoms with E-state index in [2.05, 4.69) is 25.5 Å². The van der Waals surface area contributed by atoms with E-state index in [1.54, 1.807) is 29.3 Å². The van der Waals surface area contributed by atoms with Crippen LogP contribution >= 0.6 is 0 Å². The van der Waals surface area contributed by atoms with Crippen LogP contribution in [0, 0.1) is 0 Å². The van der Waals surface area contributed by atoms with Crippen LogP contribution in [0.3, 0.4) is 0 Å². The van der Waals surface area contributed by atoms with Crippen LogP contribution in [0.5, 0.6) is 0 Å². The molecule has 146 valence electrons. The number of nitrogens with zero attached hydrogens (tertiary/aromatic N) is 6. The van der Waals surface area contributed by atoms with Crippen molar-refractivity contribution in [2.24, 2.45) is 0 Å². The van der Waals surface area contributed by atoms with Gasteiger partial charge in [0.1, 0.15) is 6.33 Å². The van der Waals surface area contributed by atoms with Crippen LogP contribution in [-0.4, -0.2) is 41.3 Å². The van der Waals surface area contributed by atoms with Gasteiger partial charge in [-0.05, 0) is 49.9 Å². The molecule has 0 spiro atoms. The van der Waals surface area contributed by atoms with Gasteiger partial charge in [-0.15, -0.1) is 0 Å². The van der Waals surface area contributed by atoms with E-state index < -0.39 is 0 Å². The molecule has 8 nitrogen and oxygen atoms in total. The maximum absolute atomic E-state index is 12.6. The van der Waals surface area contributed by atoms with Gasteiger partial charge in [-0.25, -0.2) is 14.5 Å². The van der Waals surface area contributed by atoms with E-state index in [9.17, 15) is 4.79 Å². The summed E-state index contributed by atoms with van der Waals surface area (Å²) in [6, 6.07) is 7.99. The Labute approximate surface area is 167 Å². The molecule has 1 saturated carbocycles. The summed E-state index contributed by atoms with van der Waals surface area (Å²) >= 11 is 0. The van der Waals surface area contributed by atoms with Gasteiger partial charge in [0.15, 0.2) is 0 Å². The van der Waals surface area contributed by atoms with Crippen molar-refractivity contribution in [2.45, 2.75) is 37.8 Å². The highest BCUT2D eigenvalue weighted by atomic mass is 16.1. The number of hydrogen-bond acceptors (Lipinski definition) is 5. The average Bonchev–Trinajstić information content (AvgIpc) is 3.44. The lowest BCUT2D eigenvalue weighted by Gasteiger charge is -2.29. The summed E-state index contributed by atoms with van der Waals surface area (Å²) in [7, 11) is 0. The first-order valence-corrected chi connectivity index (χ1v) is 9.81. The van der Waals surface area contributed by atoms with Crippen molar-refractivity contribution in [3.63, 3.8) is 0 Å². The van der Waals surface area contributed by atoms with E-state index >= 15 is 0 Å². The Kier molecular flexibility index (Phi) is 4.51. The van der Waals surface area contributed by atoms with Crippen molar-refractivity contribution in [2.75, 3.05) is 0 Å². The van der Waals surface area contributed by atoms with Gasteiger partial charge in [0.25, 0.3) is 5.91 Å². The Balaban J connectivity index is 1.19. The molecule has 0 radical (unpaired) electrons. The lowest BCUT2D eigenvalue weighted by molar-refractivity contribution is 0.0921. The number of amides is 1. The number of fused-ring (bicyclic) bond motifs is 1. The summed E-state index contributed by atoms with van der Waals surface area (Å²) in [6.07, 6.45) is 14.6. The van der Waals surface area contributed by atoms with E-state index in [0.29, 0.717) is 11.6 Å². The topological polar surface area (TPSA) is 90.0 Å². The number of pyridine rings is 1. The SMILES string of the molecule is O=C(NC1CCC(n2cc(-c3ccncn3)cn2)CC1)c1ccn2nccc2c1. The monoisotopic (exact) mass is 387 g/mol. The molecule has 4 aromatic heterocycles. The van der Waals surface area contributed by atoms with Crippen molar-refractivity contribution in [1.82, 2.24) is 34.7 Å². The third kappa shape index (κ3) is 3.61. The molecule has 1 N–H and O–H groups in total. The van der Waals surface area contributed by atoms with Gasteiger partial charge in [-0.3, -0.25) is 9.48 Å². The summed E-state index contributed by atoms with van der Waals surface area (Å²) in [5.41, 5.74) is 3.46. The molecule has 5 rings (SSSR count). The van der Waals surface area contributed by atoms with Crippen molar-refractivity contribution in [3.05, 3.63) is 67.1 Å². The largest absolute Gasteiger partial charge is 0.349 e. The van der Waals surface area contributed by atoms with E-state index in [1.807, 2.05) is 41.5 Å². The molecule has 29 heavy (non-hydrogen) atoms. The highest BCUT2D eigenvalue weighted by Gasteiger charge is 2.24. The summed E-state index contributed by atoms with van der Waals surface area (Å²) in [4.78, 5) is 20.9. The molecule has 0 saturated heterocycles. The highest BCUT2D eigenvalue weighted by Crippen LogP contribution is 2.29. The Morgan fingerprint density at radius 3 is 2.79 bits per heavy atom. The van der Waals surface area contributed by atoms with Crippen molar-refractivity contribution >= 4 is 11.4 Å². The first-order valence-electron chi connectivity index (χ1n) is 9.81. The molecule has 0 atom stereocenters. The van der Waals surface area contributed by atoms with Crippen LogP contribution in [0.4, 0.5) is 0 Å². The van der Waals surface area contributed by atoms with Gasteiger partial charge >= 0.3 is 0 Å². The Bertz CT molecular complexity index is 1130. The minimum atomic E-state index is -0.0257. The van der Waals surface area contributed by atoms with Crippen LogP contribution < -0.4 is 5.32 Å². The molecule has 1 fully saturated rings. The normalized spacial score (nSPS) is 19.3. The molecule has 4 aromatic rings. The average molecular weight is 387 g/mol. The standard InChI is InChI=1S/C21H21N7O/c29-21(15-7-10-27-19(11-15)5-9-24-27)26-17-1-3-18(4-2-17)28-13-16(12-25-28)20-6-8-22-14-23-20/h5-14,17-18H,1-4H2,(H,26,29). The molecule has 0 aromatic carbocycles. The molecule has 1 aliphatic rings. The Morgan fingerprint density at radius 2 is 1.97 bits per heavy atom. The van der Waals surface area contributed by atoms with Gasteiger partial charge < -0.3 is 5.32 Å². The van der Waals surface area contributed by atoms with Gasteiger partial charge in [-0.1, -0.05) is 0 Å². The maximum Gasteiger partial charge on any atom is 0.251 e. The fraction of sp³-hybridized carbons (Fsp3) is 0.286. The molecule has 0 unspecified atom stereocenters. The second-order valence-electron chi connectivity index (χ2n) is 7.40. The van der Waals surface area contributed by atoms with Crippen molar-refractivity contribution in [1.29, 1.82) is 0 Å². The predicted octanol–water partition coefficient (Wildman–Crippen LogP) is 2.90. The summed E-state index contributed by atoms with van der Waals surface area (Å²) in [6.45, 7) is 0. The predicted molar refractivity (Wildman–Crippen MR) is 107 cm³/mol. The van der Waals surface area contributed by atoms with Crippen molar-refractivity contribution < 1.29 is 4.79 Å². The summed E-state index contributed by atoms with van der Waals surface area (Å²) in [5, 5.41) is 11.9. The second-order valence-corrected chi connectivity index (χ2v) is 7.40. The smallest absolute Gasteiger partial charge is 0.251 e. The molecular formula is C21H21N7O. The number of rotatable bonds is 4. The van der Waals surface area contributed by atoms with Gasteiger partial charge in [0.05, 0.1) is 23.4 Å². The Hall–Kier alpha value is -3.55. The molecule has 0 aliphatic heterocycles. The molecule has 1 amide bonds. The summed E-state index contributed by atoms with van der Waals surface area (Å²) < 4.78 is 3.78. The third-order valence-corrected chi connectivity index (χ3v) is 5.55. The van der Waals surface area contributed by atoms with Crippen LogP contribution in [0.15, 0.2) is 61.6 Å². The second kappa shape index (κ2) is 7.46. The number of carbonyl (C=O) groups is 1. The summed E-state index contributed by atoms with van der Waals surface area (Å²) in [5.74, 6) is -0.0257. The van der Waals surface area contributed by atoms with E-state index in [0.717, 1.165) is 42.5 Å². The zero-order valence-electron chi connectivity index (χ0n) is 15.8. The van der Waals surface area contributed by atoms with Gasteiger partial charge in [0, 0.05) is 42.0 Å². The fourth-order valence-electron chi connectivity index (χ4n) is 3.95. The lowest BCUT2D eigenvalue weighted by atomic mass is 9.91. The maximum atomic E-state index is 12.6. The van der Waals surface area contributed by atoms with Crippen LogP contribution in [0.2, 0.25) is 0 Å². The number of hydrogen-bond donors (Lipinski definition) is 1. The lowest BCUT2D eigenvalue weighted by Crippen LogP contribution is -2.38. The molecule has 0 bridgehead atoms. The molecule has 8 heteroatoms. The van der Waals surface area contributed by atoms with E-state index in [4.69, 9.17) is 0 Å². The quantitative estimate of drug-likeness (QED) is 0.581. The molecule has 1 aliphatic carbocycles. The first-order chi connectivity index (χ1) is 14.3. The third-order valence-electron chi connectivity index (χ3n) is 5.55. The first kappa shape index (κ1) is 17.5. The van der Waals surface area contributed by atoms with Crippen LogP contribution in [0.1, 0.15) is 42.1 Å². The minimum absolute atomic E-state index is 0.0257. The minimum Gasteiger partial charge on any atom is -0.349 e. The van der Waals surface area contributed by atoms with Gasteiger partial charge in [0.2, 0.25) is 0 Å². The van der Waals surface area contributed by atoms with Crippen LogP contribution in [0.25, 0.3) is 16.8 Å². The van der Waals surface area contributed by atoms with E-state index in [-0.39, 0.29) is 11.9 Å². The molecule has 4 heterocycles. The fourth-order valence-corrected chi connectivity index (χ4v) is 3.95. The number of nitrogens with one attached hydrogen (secondary N) is 1. The zero-order chi connectivity index (χ0) is 19.6. The Morgan fingerprint density at radius 1 is 1.07 bits per heavy atom. The highest BCUT2D eigenvalue weighted by molar-refractivity contribution is 5.95. The number of aromatic nitrogens is 6. The van der Waals surface area contributed by atoms with Crippen LogP contribution in [-0.2, 0) is 0 Å². The van der Waals surface area contributed by atoms with Crippen molar-refractivity contribution in [3.8, 4) is 11.3 Å². The van der Waals surface area contributed by atoms with E-state index in [1.165, 1.54) is 0 Å². The number of carbonyl (C=O) groups excluding carboxylic acids is 1. The zero-order valence-corrected chi connectivity index (χ0v) is 15.8.